The van der Waals surface area contributed by atoms with Crippen molar-refractivity contribution in [2.75, 3.05) is 32.8 Å². The number of nitrogens with zero attached hydrogens (tertiary/aromatic N) is 1. The highest BCUT2D eigenvalue weighted by molar-refractivity contribution is 5.87. The largest absolute Gasteiger partial charge is 0.462 e. The molecule has 0 aliphatic rings. The number of hydrogen-bond donors (Lipinski definition) is 0. The first-order valence-electron chi connectivity index (χ1n) is 16.2. The lowest BCUT2D eigenvalue weighted by Crippen LogP contribution is -2.24. The standard InChI is InChI=1S/C22H42O2.C12H23NO2/c1-4-5-6-7-8-9-10-11-12-13-14-15-16-17-18-19-20-24-22(23)21(2)3;1-5-13(6-2)9-7-8-10-15-12(14)11(3)4/h2,4-20H2,1,3H3;3,5-10H2,1-2,4H3. The normalized spacial score (nSPS) is 10.6. The van der Waals surface area contributed by atoms with Crippen LogP contribution in [-0.4, -0.2) is 49.7 Å². The summed E-state index contributed by atoms with van der Waals surface area (Å²) in [6, 6.07) is 0. The molecule has 0 fully saturated rings. The van der Waals surface area contributed by atoms with Crippen LogP contribution in [-0.2, 0) is 19.1 Å². The Labute approximate surface area is 243 Å². The summed E-state index contributed by atoms with van der Waals surface area (Å²) in [6.45, 7) is 21.4. The van der Waals surface area contributed by atoms with Gasteiger partial charge in [-0.15, -0.1) is 0 Å². The molecule has 0 saturated carbocycles. The quantitative estimate of drug-likeness (QED) is 0.0608. The number of hydrogen-bond acceptors (Lipinski definition) is 5. The summed E-state index contributed by atoms with van der Waals surface area (Å²) in [4.78, 5) is 24.6. The molecule has 0 aromatic carbocycles. The van der Waals surface area contributed by atoms with E-state index < -0.39 is 0 Å². The lowest BCUT2D eigenvalue weighted by Gasteiger charge is -2.17. The van der Waals surface area contributed by atoms with Gasteiger partial charge >= 0.3 is 11.9 Å². The van der Waals surface area contributed by atoms with E-state index in [9.17, 15) is 9.59 Å². The third-order valence-electron chi connectivity index (χ3n) is 6.92. The Morgan fingerprint density at radius 2 is 0.821 bits per heavy atom. The van der Waals surface area contributed by atoms with Crippen LogP contribution in [0.15, 0.2) is 24.3 Å². The average molecular weight is 552 g/mol. The van der Waals surface area contributed by atoms with Gasteiger partial charge in [-0.25, -0.2) is 9.59 Å². The van der Waals surface area contributed by atoms with Crippen LogP contribution in [0, 0.1) is 0 Å². The first kappa shape index (κ1) is 39.5. The van der Waals surface area contributed by atoms with Crippen molar-refractivity contribution in [3.05, 3.63) is 24.3 Å². The minimum absolute atomic E-state index is 0.254. The summed E-state index contributed by atoms with van der Waals surface area (Å²) in [5, 5.41) is 0. The number of ether oxygens (including phenoxy) is 2. The molecule has 0 atom stereocenters. The van der Waals surface area contributed by atoms with Gasteiger partial charge in [-0.05, 0) is 52.7 Å². The van der Waals surface area contributed by atoms with Crippen LogP contribution in [0.2, 0.25) is 0 Å². The van der Waals surface area contributed by atoms with Crippen molar-refractivity contribution < 1.29 is 19.1 Å². The third kappa shape index (κ3) is 30.8. The van der Waals surface area contributed by atoms with E-state index in [4.69, 9.17) is 9.47 Å². The van der Waals surface area contributed by atoms with Gasteiger partial charge in [-0.3, -0.25) is 0 Å². The van der Waals surface area contributed by atoms with Crippen LogP contribution < -0.4 is 0 Å². The van der Waals surface area contributed by atoms with Crippen molar-refractivity contribution in [1.29, 1.82) is 0 Å². The van der Waals surface area contributed by atoms with Crippen molar-refractivity contribution in [2.24, 2.45) is 0 Å². The molecule has 0 unspecified atom stereocenters. The Morgan fingerprint density at radius 3 is 1.13 bits per heavy atom. The molecule has 0 N–H and O–H groups in total. The number of esters is 2. The maximum Gasteiger partial charge on any atom is 0.333 e. The number of carbonyl (C=O) groups excluding carboxylic acids is 2. The molecule has 0 saturated heterocycles. The predicted molar refractivity (Wildman–Crippen MR) is 168 cm³/mol. The molecular formula is C34H65NO4. The maximum atomic E-state index is 11.2. The molecule has 0 radical (unpaired) electrons. The smallest absolute Gasteiger partial charge is 0.333 e. The van der Waals surface area contributed by atoms with E-state index in [0.717, 1.165) is 38.9 Å². The first-order valence-corrected chi connectivity index (χ1v) is 16.2. The fraction of sp³-hybridized carbons (Fsp3) is 0.824. The van der Waals surface area contributed by atoms with Gasteiger partial charge in [0.15, 0.2) is 0 Å². The number of rotatable bonds is 26. The molecule has 39 heavy (non-hydrogen) atoms. The van der Waals surface area contributed by atoms with Gasteiger partial charge in [-0.1, -0.05) is 130 Å². The second-order valence-electron chi connectivity index (χ2n) is 10.9. The lowest BCUT2D eigenvalue weighted by molar-refractivity contribution is -0.139. The van der Waals surface area contributed by atoms with E-state index in [1.165, 1.54) is 96.3 Å². The summed E-state index contributed by atoms with van der Waals surface area (Å²) >= 11 is 0. The monoisotopic (exact) mass is 551 g/mol. The molecule has 0 bridgehead atoms. The molecule has 0 aliphatic carbocycles. The first-order chi connectivity index (χ1) is 18.8. The number of carbonyl (C=O) groups is 2. The Morgan fingerprint density at radius 1 is 0.513 bits per heavy atom. The summed E-state index contributed by atoms with van der Waals surface area (Å²) in [6.07, 6.45) is 23.7. The zero-order valence-corrected chi connectivity index (χ0v) is 26.8. The fourth-order valence-electron chi connectivity index (χ4n) is 4.20. The van der Waals surface area contributed by atoms with Crippen molar-refractivity contribution in [2.45, 2.75) is 150 Å². The predicted octanol–water partition coefficient (Wildman–Crippen LogP) is 9.59. The topological polar surface area (TPSA) is 55.8 Å². The number of unbranched alkanes of at least 4 members (excludes halogenated alkanes) is 16. The van der Waals surface area contributed by atoms with Crippen LogP contribution in [0.3, 0.4) is 0 Å². The molecule has 5 nitrogen and oxygen atoms in total. The summed E-state index contributed by atoms with van der Waals surface area (Å²) in [5.74, 6) is -0.534. The lowest BCUT2D eigenvalue weighted by atomic mass is 10.0. The van der Waals surface area contributed by atoms with E-state index in [-0.39, 0.29) is 11.9 Å². The van der Waals surface area contributed by atoms with E-state index in [2.05, 4.69) is 38.8 Å². The molecule has 0 aliphatic heterocycles. The van der Waals surface area contributed by atoms with Gasteiger partial charge in [0.1, 0.15) is 0 Å². The van der Waals surface area contributed by atoms with Gasteiger partial charge < -0.3 is 14.4 Å². The van der Waals surface area contributed by atoms with E-state index in [1.54, 1.807) is 13.8 Å². The molecule has 230 valence electrons. The van der Waals surface area contributed by atoms with Crippen LogP contribution in [0.4, 0.5) is 0 Å². The third-order valence-corrected chi connectivity index (χ3v) is 6.92. The molecule has 5 heteroatoms. The summed E-state index contributed by atoms with van der Waals surface area (Å²) < 4.78 is 10.1. The Kier molecular flexibility index (Phi) is 31.3. The van der Waals surface area contributed by atoms with E-state index >= 15 is 0 Å². The second kappa shape index (κ2) is 30.9. The van der Waals surface area contributed by atoms with Crippen LogP contribution in [0.25, 0.3) is 0 Å². The van der Waals surface area contributed by atoms with Crippen molar-refractivity contribution >= 4 is 11.9 Å². The van der Waals surface area contributed by atoms with Gasteiger partial charge in [0, 0.05) is 11.1 Å². The SMILES string of the molecule is C=C(C)C(=O)OCCCCCCCCCCCCCCCCCC.C=C(C)C(=O)OCCCCN(CC)CC. The summed E-state index contributed by atoms with van der Waals surface area (Å²) in [5.41, 5.74) is 0.963. The van der Waals surface area contributed by atoms with Gasteiger partial charge in [0.25, 0.3) is 0 Å². The van der Waals surface area contributed by atoms with Gasteiger partial charge in [0.05, 0.1) is 13.2 Å². The molecule has 0 aromatic rings. The average Bonchev–Trinajstić information content (AvgIpc) is 2.92. The Balaban J connectivity index is 0. The second-order valence-corrected chi connectivity index (χ2v) is 10.9. The highest BCUT2D eigenvalue weighted by Gasteiger charge is 2.03. The molecule has 0 amide bonds. The Bertz CT molecular complexity index is 598. The van der Waals surface area contributed by atoms with Crippen LogP contribution >= 0.6 is 0 Å². The van der Waals surface area contributed by atoms with Crippen molar-refractivity contribution in [1.82, 2.24) is 4.90 Å². The highest BCUT2D eigenvalue weighted by Crippen LogP contribution is 2.13. The van der Waals surface area contributed by atoms with Gasteiger partial charge in [0.2, 0.25) is 0 Å². The maximum absolute atomic E-state index is 11.2. The molecular weight excluding hydrogens is 486 g/mol. The zero-order chi connectivity index (χ0) is 29.6. The van der Waals surface area contributed by atoms with Gasteiger partial charge in [-0.2, -0.15) is 0 Å². The zero-order valence-electron chi connectivity index (χ0n) is 26.8. The van der Waals surface area contributed by atoms with E-state index in [0.29, 0.717) is 24.4 Å². The van der Waals surface area contributed by atoms with Crippen LogP contribution in [0.5, 0.6) is 0 Å². The molecule has 0 heterocycles. The van der Waals surface area contributed by atoms with Crippen molar-refractivity contribution in [3.8, 4) is 0 Å². The molecule has 0 aromatic heterocycles. The highest BCUT2D eigenvalue weighted by atomic mass is 16.5. The van der Waals surface area contributed by atoms with Crippen molar-refractivity contribution in [3.63, 3.8) is 0 Å². The summed E-state index contributed by atoms with van der Waals surface area (Å²) in [7, 11) is 0. The van der Waals surface area contributed by atoms with E-state index in [1.807, 2.05) is 0 Å². The molecule has 0 spiro atoms. The minimum Gasteiger partial charge on any atom is -0.462 e. The minimum atomic E-state index is -0.280. The fourth-order valence-corrected chi connectivity index (χ4v) is 4.20. The van der Waals surface area contributed by atoms with Crippen LogP contribution in [0.1, 0.15) is 150 Å². The molecule has 0 rings (SSSR count). The Hall–Kier alpha value is -1.62.